The second-order valence-corrected chi connectivity index (χ2v) is 5.10. The van der Waals surface area contributed by atoms with Gasteiger partial charge in [-0.15, -0.1) is 0 Å². The highest BCUT2D eigenvalue weighted by molar-refractivity contribution is 5.89. The van der Waals surface area contributed by atoms with Gasteiger partial charge in [-0.2, -0.15) is 0 Å². The van der Waals surface area contributed by atoms with Crippen LogP contribution in [0.3, 0.4) is 0 Å². The summed E-state index contributed by atoms with van der Waals surface area (Å²) in [5.41, 5.74) is 2.11. The zero-order valence-electron chi connectivity index (χ0n) is 13.9. The largest absolute Gasteiger partial charge is 0.423 e. The van der Waals surface area contributed by atoms with E-state index in [1.807, 2.05) is 24.3 Å². The van der Waals surface area contributed by atoms with E-state index in [9.17, 15) is 9.59 Å². The fourth-order valence-corrected chi connectivity index (χ4v) is 2.00. The molecule has 0 radical (unpaired) electrons. The molecule has 0 N–H and O–H groups in total. The van der Waals surface area contributed by atoms with Crippen LogP contribution in [-0.2, 0) is 14.3 Å². The van der Waals surface area contributed by atoms with E-state index in [-0.39, 0.29) is 12.2 Å². The molecule has 0 saturated carbocycles. The van der Waals surface area contributed by atoms with E-state index < -0.39 is 11.9 Å². The van der Waals surface area contributed by atoms with Crippen molar-refractivity contribution in [2.45, 2.75) is 0 Å². The van der Waals surface area contributed by atoms with Gasteiger partial charge in [0.25, 0.3) is 0 Å². The molecule has 128 valence electrons. The second kappa shape index (κ2) is 8.61. The average molecular weight is 338 g/mol. The van der Waals surface area contributed by atoms with Gasteiger partial charge in [0.05, 0.1) is 12.2 Å². The molecule has 0 unspecified atom stereocenters. The summed E-state index contributed by atoms with van der Waals surface area (Å²) in [5.74, 6) is -0.171. The molecule has 0 aliphatic rings. The van der Waals surface area contributed by atoms with Crippen LogP contribution in [0.1, 0.15) is 0 Å². The van der Waals surface area contributed by atoms with Gasteiger partial charge < -0.3 is 14.2 Å². The first kappa shape index (κ1) is 18.2. The number of benzene rings is 2. The van der Waals surface area contributed by atoms with Crippen LogP contribution in [0, 0.1) is 0 Å². The van der Waals surface area contributed by atoms with Crippen molar-refractivity contribution in [2.24, 2.45) is 0 Å². The molecule has 5 heteroatoms. The smallest absolute Gasteiger partial charge is 0.341 e. The van der Waals surface area contributed by atoms with Crippen LogP contribution in [0.15, 0.2) is 73.3 Å². The monoisotopic (exact) mass is 338 g/mol. The van der Waals surface area contributed by atoms with Crippen LogP contribution in [0.25, 0.3) is 11.1 Å². The van der Waals surface area contributed by atoms with E-state index in [1.165, 1.54) is 7.11 Å². The van der Waals surface area contributed by atoms with Crippen molar-refractivity contribution in [3.63, 3.8) is 0 Å². The van der Waals surface area contributed by atoms with E-state index in [2.05, 4.69) is 13.2 Å². The van der Waals surface area contributed by atoms with E-state index in [0.717, 1.165) is 17.2 Å². The zero-order valence-corrected chi connectivity index (χ0v) is 13.9. The van der Waals surface area contributed by atoms with Gasteiger partial charge in [0, 0.05) is 13.2 Å². The van der Waals surface area contributed by atoms with Gasteiger partial charge in [0.2, 0.25) is 0 Å². The Balaban J connectivity index is 2.04. The first-order valence-electron chi connectivity index (χ1n) is 7.47. The van der Waals surface area contributed by atoms with Crippen molar-refractivity contribution in [3.05, 3.63) is 73.3 Å². The fraction of sp³-hybridized carbons (Fsp3) is 0.100. The van der Waals surface area contributed by atoms with Gasteiger partial charge in [-0.05, 0) is 35.4 Å². The molecular formula is C20H18O5. The van der Waals surface area contributed by atoms with Gasteiger partial charge in [0.1, 0.15) is 11.5 Å². The van der Waals surface area contributed by atoms with E-state index in [0.29, 0.717) is 11.5 Å². The first-order valence-corrected chi connectivity index (χ1v) is 7.47. The van der Waals surface area contributed by atoms with Crippen LogP contribution in [0.2, 0.25) is 0 Å². The van der Waals surface area contributed by atoms with Crippen LogP contribution in [-0.4, -0.2) is 25.7 Å². The van der Waals surface area contributed by atoms with Gasteiger partial charge in [-0.3, -0.25) is 0 Å². The molecular weight excluding hydrogens is 320 g/mol. The normalized spacial score (nSPS) is 9.96. The minimum atomic E-state index is -0.525. The molecule has 0 bridgehead atoms. The lowest BCUT2D eigenvalue weighted by Gasteiger charge is -2.08. The van der Waals surface area contributed by atoms with Crippen molar-refractivity contribution in [1.82, 2.24) is 0 Å². The van der Waals surface area contributed by atoms with Gasteiger partial charge >= 0.3 is 11.9 Å². The summed E-state index contributed by atoms with van der Waals surface area (Å²) in [6.45, 7) is 7.07. The number of hydrogen-bond acceptors (Lipinski definition) is 5. The van der Waals surface area contributed by atoms with Crippen molar-refractivity contribution in [3.8, 4) is 22.6 Å². The lowest BCUT2D eigenvalue weighted by Crippen LogP contribution is -2.13. The Morgan fingerprint density at radius 1 is 0.920 bits per heavy atom. The molecule has 2 aromatic rings. The highest BCUT2D eigenvalue weighted by atomic mass is 16.5. The lowest BCUT2D eigenvalue weighted by atomic mass is 10.1. The quantitative estimate of drug-likeness (QED) is 0.439. The summed E-state index contributed by atoms with van der Waals surface area (Å²) in [7, 11) is 1.48. The number of carbonyl (C=O) groups excluding carboxylic acids is 2. The maximum atomic E-state index is 11.8. The minimum absolute atomic E-state index is 0.125. The highest BCUT2D eigenvalue weighted by Crippen LogP contribution is 2.25. The number of carbonyl (C=O) groups is 2. The standard InChI is InChI=1S/C20H18O5/c1-4-19(21)24-17-9-5-15(6-10-17)16-7-11-18(12-8-16)25-20(22)14(2)13-23-3/h4-12H,1-2,13H2,3H3. The summed E-state index contributed by atoms with van der Waals surface area (Å²) in [5, 5.41) is 0. The Hall–Kier alpha value is -3.18. The topological polar surface area (TPSA) is 61.8 Å². The molecule has 0 aliphatic heterocycles. The van der Waals surface area contributed by atoms with Crippen LogP contribution in [0.4, 0.5) is 0 Å². The molecule has 0 aromatic heterocycles. The Kier molecular flexibility index (Phi) is 6.26. The predicted octanol–water partition coefficient (Wildman–Crippen LogP) is 3.55. The van der Waals surface area contributed by atoms with Crippen LogP contribution < -0.4 is 9.47 Å². The number of methoxy groups -OCH3 is 1. The minimum Gasteiger partial charge on any atom is -0.423 e. The predicted molar refractivity (Wildman–Crippen MR) is 94.4 cm³/mol. The van der Waals surface area contributed by atoms with Crippen molar-refractivity contribution in [1.29, 1.82) is 0 Å². The van der Waals surface area contributed by atoms with Gasteiger partial charge in [0.15, 0.2) is 0 Å². The summed E-state index contributed by atoms with van der Waals surface area (Å²) in [6, 6.07) is 14.1. The molecule has 0 saturated heterocycles. The maximum Gasteiger partial charge on any atom is 0.341 e. The van der Waals surface area contributed by atoms with Crippen molar-refractivity contribution < 1.29 is 23.8 Å². The molecule has 25 heavy (non-hydrogen) atoms. The van der Waals surface area contributed by atoms with E-state index in [4.69, 9.17) is 14.2 Å². The van der Waals surface area contributed by atoms with Crippen molar-refractivity contribution >= 4 is 11.9 Å². The van der Waals surface area contributed by atoms with E-state index in [1.54, 1.807) is 24.3 Å². The lowest BCUT2D eigenvalue weighted by molar-refractivity contribution is -0.131. The molecule has 0 heterocycles. The average Bonchev–Trinajstić information content (AvgIpc) is 2.63. The summed E-state index contributed by atoms with van der Waals surface area (Å²) >= 11 is 0. The Bertz CT molecular complexity index is 773. The Labute approximate surface area is 146 Å². The fourth-order valence-electron chi connectivity index (χ4n) is 2.00. The van der Waals surface area contributed by atoms with Crippen molar-refractivity contribution in [2.75, 3.05) is 13.7 Å². The number of ether oxygens (including phenoxy) is 3. The second-order valence-electron chi connectivity index (χ2n) is 5.10. The molecule has 0 fully saturated rings. The number of esters is 2. The molecule has 2 rings (SSSR count). The molecule has 0 spiro atoms. The van der Waals surface area contributed by atoms with Crippen LogP contribution >= 0.6 is 0 Å². The first-order chi connectivity index (χ1) is 12.0. The highest BCUT2D eigenvalue weighted by Gasteiger charge is 2.09. The molecule has 0 atom stereocenters. The zero-order chi connectivity index (χ0) is 18.2. The Morgan fingerprint density at radius 2 is 1.40 bits per heavy atom. The number of rotatable bonds is 7. The third-order valence-electron chi connectivity index (χ3n) is 3.24. The maximum absolute atomic E-state index is 11.8. The molecule has 5 nitrogen and oxygen atoms in total. The molecule has 0 amide bonds. The van der Waals surface area contributed by atoms with Gasteiger partial charge in [-0.1, -0.05) is 37.4 Å². The Morgan fingerprint density at radius 3 is 1.84 bits per heavy atom. The molecule has 2 aromatic carbocycles. The third kappa shape index (κ3) is 5.16. The third-order valence-corrected chi connectivity index (χ3v) is 3.24. The summed E-state index contributed by atoms with van der Waals surface area (Å²) < 4.78 is 15.1. The summed E-state index contributed by atoms with van der Waals surface area (Å²) in [6.07, 6.45) is 1.11. The molecule has 0 aliphatic carbocycles. The summed E-state index contributed by atoms with van der Waals surface area (Å²) in [4.78, 5) is 22.9. The number of hydrogen-bond donors (Lipinski definition) is 0. The SMILES string of the molecule is C=CC(=O)Oc1ccc(-c2ccc(OC(=O)C(=C)COC)cc2)cc1. The van der Waals surface area contributed by atoms with Crippen LogP contribution in [0.5, 0.6) is 11.5 Å². The van der Waals surface area contributed by atoms with Gasteiger partial charge in [-0.25, -0.2) is 9.59 Å². The van der Waals surface area contributed by atoms with E-state index >= 15 is 0 Å².